The first-order valence-corrected chi connectivity index (χ1v) is 8.36. The summed E-state index contributed by atoms with van der Waals surface area (Å²) in [5.74, 6) is 1.80. The minimum Gasteiger partial charge on any atom is -0.312 e. The van der Waals surface area contributed by atoms with Crippen molar-refractivity contribution in [1.29, 1.82) is 0 Å². The van der Waals surface area contributed by atoms with Gasteiger partial charge in [-0.2, -0.15) is 0 Å². The highest BCUT2D eigenvalue weighted by Crippen LogP contribution is 2.36. The van der Waals surface area contributed by atoms with Crippen molar-refractivity contribution < 1.29 is 0 Å². The molecular formula is C17H36N2. The van der Waals surface area contributed by atoms with E-state index >= 15 is 0 Å². The predicted molar refractivity (Wildman–Crippen MR) is 85.6 cm³/mol. The Balaban J connectivity index is 2.80. The van der Waals surface area contributed by atoms with Crippen LogP contribution in [0.15, 0.2) is 0 Å². The maximum Gasteiger partial charge on any atom is 0.0328 e. The summed E-state index contributed by atoms with van der Waals surface area (Å²) < 4.78 is 0. The number of rotatable bonds is 7. The van der Waals surface area contributed by atoms with Gasteiger partial charge in [0, 0.05) is 11.6 Å². The summed E-state index contributed by atoms with van der Waals surface area (Å²) in [7, 11) is 4.49. The van der Waals surface area contributed by atoms with Gasteiger partial charge >= 0.3 is 0 Å². The second-order valence-corrected chi connectivity index (χ2v) is 7.06. The molecule has 0 spiro atoms. The fourth-order valence-corrected chi connectivity index (χ4v) is 3.63. The average Bonchev–Trinajstić information content (AvgIpc) is 2.40. The van der Waals surface area contributed by atoms with Gasteiger partial charge < -0.3 is 10.2 Å². The molecule has 1 N–H and O–H groups in total. The van der Waals surface area contributed by atoms with E-state index < -0.39 is 0 Å². The maximum atomic E-state index is 3.89. The Bertz CT molecular complexity index is 244. The third-order valence-electron chi connectivity index (χ3n) is 5.55. The molecule has 1 aliphatic rings. The summed E-state index contributed by atoms with van der Waals surface area (Å²) in [5.41, 5.74) is 0.278. The topological polar surface area (TPSA) is 15.3 Å². The van der Waals surface area contributed by atoms with Crippen molar-refractivity contribution in [3.05, 3.63) is 0 Å². The van der Waals surface area contributed by atoms with Gasteiger partial charge in [-0.1, -0.05) is 33.6 Å². The first-order chi connectivity index (χ1) is 8.95. The third kappa shape index (κ3) is 4.19. The highest BCUT2D eigenvalue weighted by atomic mass is 15.2. The Kier molecular flexibility index (Phi) is 6.82. The van der Waals surface area contributed by atoms with E-state index in [9.17, 15) is 0 Å². The largest absolute Gasteiger partial charge is 0.312 e. The van der Waals surface area contributed by atoms with E-state index in [4.69, 9.17) is 0 Å². The number of likely N-dealkylation sites (N-methyl/N-ethyl adjacent to an activating group) is 1. The van der Waals surface area contributed by atoms with E-state index in [2.05, 4.69) is 52.0 Å². The monoisotopic (exact) mass is 268 g/mol. The van der Waals surface area contributed by atoms with Crippen LogP contribution in [-0.2, 0) is 0 Å². The molecule has 0 aromatic heterocycles. The lowest BCUT2D eigenvalue weighted by molar-refractivity contribution is 0.0627. The molecule has 1 aliphatic carbocycles. The molecule has 0 bridgehead atoms. The van der Waals surface area contributed by atoms with Gasteiger partial charge in [0.15, 0.2) is 0 Å². The standard InChI is InChI=1S/C17H36N2/c1-7-13-18-16(17(4,8-2)19(5)6)15-11-9-14(3)10-12-15/h14-16,18H,7-13H2,1-6H3. The van der Waals surface area contributed by atoms with E-state index in [1.807, 2.05) is 0 Å². The first-order valence-electron chi connectivity index (χ1n) is 8.36. The number of nitrogens with one attached hydrogen (secondary N) is 1. The van der Waals surface area contributed by atoms with E-state index in [0.717, 1.165) is 18.4 Å². The van der Waals surface area contributed by atoms with Crippen molar-refractivity contribution in [2.75, 3.05) is 20.6 Å². The molecule has 0 aromatic rings. The minimum absolute atomic E-state index is 0.278. The molecule has 0 amide bonds. The molecule has 1 fully saturated rings. The summed E-state index contributed by atoms with van der Waals surface area (Å²) in [5, 5.41) is 3.89. The van der Waals surface area contributed by atoms with Crippen LogP contribution >= 0.6 is 0 Å². The zero-order chi connectivity index (χ0) is 14.5. The van der Waals surface area contributed by atoms with Crippen LogP contribution in [0.25, 0.3) is 0 Å². The van der Waals surface area contributed by atoms with Gasteiger partial charge in [0.2, 0.25) is 0 Å². The van der Waals surface area contributed by atoms with Crippen molar-refractivity contribution in [3.63, 3.8) is 0 Å². The lowest BCUT2D eigenvalue weighted by Gasteiger charge is -2.48. The molecule has 2 atom stereocenters. The Morgan fingerprint density at radius 2 is 1.74 bits per heavy atom. The Labute approximate surface area is 121 Å². The van der Waals surface area contributed by atoms with Gasteiger partial charge in [0.25, 0.3) is 0 Å². The highest BCUT2D eigenvalue weighted by molar-refractivity contribution is 4.98. The highest BCUT2D eigenvalue weighted by Gasteiger charge is 2.40. The fraction of sp³-hybridized carbons (Fsp3) is 1.00. The summed E-state index contributed by atoms with van der Waals surface area (Å²) in [6.07, 6.45) is 8.10. The number of nitrogens with zero attached hydrogens (tertiary/aromatic N) is 1. The second kappa shape index (κ2) is 7.64. The molecule has 0 heterocycles. The molecule has 0 aliphatic heterocycles. The zero-order valence-electron chi connectivity index (χ0n) is 14.1. The van der Waals surface area contributed by atoms with Crippen LogP contribution in [0.4, 0.5) is 0 Å². The average molecular weight is 268 g/mol. The van der Waals surface area contributed by atoms with Crippen molar-refractivity contribution in [2.45, 2.75) is 77.8 Å². The van der Waals surface area contributed by atoms with Crippen LogP contribution in [0.1, 0.15) is 66.2 Å². The Morgan fingerprint density at radius 1 is 1.16 bits per heavy atom. The SMILES string of the molecule is CCCNC(C1CCC(C)CC1)C(C)(CC)N(C)C. The minimum atomic E-state index is 0.278. The summed E-state index contributed by atoms with van der Waals surface area (Å²) in [6, 6.07) is 0.639. The summed E-state index contributed by atoms with van der Waals surface area (Å²) in [4.78, 5) is 2.44. The Morgan fingerprint density at radius 3 is 2.16 bits per heavy atom. The lowest BCUT2D eigenvalue weighted by atomic mass is 9.72. The van der Waals surface area contributed by atoms with Gasteiger partial charge in [0.05, 0.1) is 0 Å². The van der Waals surface area contributed by atoms with Gasteiger partial charge in [-0.15, -0.1) is 0 Å². The van der Waals surface area contributed by atoms with Crippen molar-refractivity contribution in [2.24, 2.45) is 11.8 Å². The fourth-order valence-electron chi connectivity index (χ4n) is 3.63. The number of hydrogen-bond donors (Lipinski definition) is 1. The van der Waals surface area contributed by atoms with Crippen LogP contribution in [0.5, 0.6) is 0 Å². The second-order valence-electron chi connectivity index (χ2n) is 7.06. The van der Waals surface area contributed by atoms with Crippen molar-refractivity contribution >= 4 is 0 Å². The molecule has 0 aromatic carbocycles. The van der Waals surface area contributed by atoms with E-state index in [1.54, 1.807) is 0 Å². The maximum absolute atomic E-state index is 3.89. The van der Waals surface area contributed by atoms with Crippen molar-refractivity contribution in [1.82, 2.24) is 10.2 Å². The van der Waals surface area contributed by atoms with Gasteiger partial charge in [0.1, 0.15) is 0 Å². The smallest absolute Gasteiger partial charge is 0.0328 e. The van der Waals surface area contributed by atoms with Gasteiger partial charge in [-0.3, -0.25) is 0 Å². The van der Waals surface area contributed by atoms with Crippen LogP contribution < -0.4 is 5.32 Å². The molecule has 0 radical (unpaired) electrons. The molecule has 2 unspecified atom stereocenters. The lowest BCUT2D eigenvalue weighted by Crippen LogP contribution is -2.60. The molecule has 0 saturated heterocycles. The molecule has 1 rings (SSSR count). The molecular weight excluding hydrogens is 232 g/mol. The third-order valence-corrected chi connectivity index (χ3v) is 5.55. The summed E-state index contributed by atoms with van der Waals surface area (Å²) in [6.45, 7) is 10.6. The molecule has 1 saturated carbocycles. The normalized spacial score (nSPS) is 29.2. The predicted octanol–water partition coefficient (Wildman–Crippen LogP) is 3.91. The summed E-state index contributed by atoms with van der Waals surface area (Å²) >= 11 is 0. The van der Waals surface area contributed by atoms with E-state index in [-0.39, 0.29) is 5.54 Å². The first kappa shape index (κ1) is 17.0. The van der Waals surface area contributed by atoms with E-state index in [0.29, 0.717) is 6.04 Å². The van der Waals surface area contributed by atoms with Gasteiger partial charge in [-0.05, 0) is 65.1 Å². The van der Waals surface area contributed by atoms with E-state index in [1.165, 1.54) is 38.5 Å². The molecule has 2 heteroatoms. The van der Waals surface area contributed by atoms with Crippen LogP contribution in [0.3, 0.4) is 0 Å². The van der Waals surface area contributed by atoms with Crippen LogP contribution in [-0.4, -0.2) is 37.1 Å². The van der Waals surface area contributed by atoms with Crippen molar-refractivity contribution in [3.8, 4) is 0 Å². The zero-order valence-corrected chi connectivity index (χ0v) is 14.1. The Hall–Kier alpha value is -0.0800. The quantitative estimate of drug-likeness (QED) is 0.753. The van der Waals surface area contributed by atoms with Gasteiger partial charge in [-0.25, -0.2) is 0 Å². The molecule has 114 valence electrons. The van der Waals surface area contributed by atoms with Crippen LogP contribution in [0.2, 0.25) is 0 Å². The molecule has 2 nitrogen and oxygen atoms in total. The van der Waals surface area contributed by atoms with Crippen LogP contribution in [0, 0.1) is 11.8 Å². The number of hydrogen-bond acceptors (Lipinski definition) is 2. The molecule has 19 heavy (non-hydrogen) atoms.